The number of amides is 2. The summed E-state index contributed by atoms with van der Waals surface area (Å²) in [5.74, 6) is 0.173. The Labute approximate surface area is 115 Å². The predicted octanol–water partition coefficient (Wildman–Crippen LogP) is 0.584. The number of hydrogen-bond acceptors (Lipinski definition) is 6. The van der Waals surface area contributed by atoms with Crippen molar-refractivity contribution in [2.24, 2.45) is 0 Å². The standard InChI is InChI=1S/C13H13N5O2/c1-18-11(19)5-3-9(13(18)20)16-10-4-2-8-12(17-10)15-7-6-14-8/h2,4,6-7,9H,3,5H2,1H3,(H,15,16,17). The summed E-state index contributed by atoms with van der Waals surface area (Å²) in [5, 5.41) is 3.05. The van der Waals surface area contributed by atoms with Gasteiger partial charge in [-0.15, -0.1) is 0 Å². The Morgan fingerprint density at radius 2 is 2.05 bits per heavy atom. The number of imide groups is 1. The average molecular weight is 271 g/mol. The van der Waals surface area contributed by atoms with E-state index in [1.807, 2.05) is 0 Å². The third kappa shape index (κ3) is 2.18. The summed E-state index contributed by atoms with van der Waals surface area (Å²) in [7, 11) is 1.50. The van der Waals surface area contributed by atoms with E-state index in [-0.39, 0.29) is 11.8 Å². The van der Waals surface area contributed by atoms with Gasteiger partial charge in [-0.3, -0.25) is 19.5 Å². The van der Waals surface area contributed by atoms with E-state index in [0.29, 0.717) is 29.8 Å². The van der Waals surface area contributed by atoms with Crippen molar-refractivity contribution in [2.75, 3.05) is 12.4 Å². The van der Waals surface area contributed by atoms with Gasteiger partial charge in [-0.05, 0) is 18.6 Å². The molecule has 7 nitrogen and oxygen atoms in total. The minimum atomic E-state index is -0.431. The average Bonchev–Trinajstić information content (AvgIpc) is 2.48. The van der Waals surface area contributed by atoms with Gasteiger partial charge in [-0.25, -0.2) is 9.97 Å². The van der Waals surface area contributed by atoms with Crippen LogP contribution in [0.4, 0.5) is 5.82 Å². The van der Waals surface area contributed by atoms with E-state index in [1.54, 1.807) is 24.5 Å². The van der Waals surface area contributed by atoms with Gasteiger partial charge in [-0.2, -0.15) is 0 Å². The molecular weight excluding hydrogens is 258 g/mol. The van der Waals surface area contributed by atoms with Crippen LogP contribution in [0.3, 0.4) is 0 Å². The fourth-order valence-electron chi connectivity index (χ4n) is 2.16. The van der Waals surface area contributed by atoms with Gasteiger partial charge < -0.3 is 5.32 Å². The Morgan fingerprint density at radius 1 is 1.25 bits per heavy atom. The van der Waals surface area contributed by atoms with Crippen LogP contribution >= 0.6 is 0 Å². The second-order valence-corrected chi connectivity index (χ2v) is 4.62. The molecule has 2 aromatic rings. The van der Waals surface area contributed by atoms with Crippen LogP contribution in [0, 0.1) is 0 Å². The Morgan fingerprint density at radius 3 is 2.90 bits per heavy atom. The number of aromatic nitrogens is 3. The number of piperidine rings is 1. The molecule has 3 rings (SSSR count). The minimum absolute atomic E-state index is 0.148. The van der Waals surface area contributed by atoms with E-state index >= 15 is 0 Å². The molecule has 2 amide bonds. The molecule has 1 N–H and O–H groups in total. The second kappa shape index (κ2) is 4.84. The molecule has 0 aromatic carbocycles. The van der Waals surface area contributed by atoms with Crippen LogP contribution in [0.5, 0.6) is 0 Å². The van der Waals surface area contributed by atoms with Crippen LogP contribution in [-0.4, -0.2) is 44.8 Å². The highest BCUT2D eigenvalue weighted by Gasteiger charge is 2.31. The fraction of sp³-hybridized carbons (Fsp3) is 0.308. The van der Waals surface area contributed by atoms with Gasteiger partial charge in [0.15, 0.2) is 5.65 Å². The normalized spacial score (nSPS) is 19.4. The number of carbonyl (C=O) groups is 2. The summed E-state index contributed by atoms with van der Waals surface area (Å²) in [6, 6.07) is 3.11. The molecule has 1 saturated heterocycles. The maximum atomic E-state index is 12.0. The zero-order valence-electron chi connectivity index (χ0n) is 10.9. The van der Waals surface area contributed by atoms with Gasteiger partial charge in [0.1, 0.15) is 17.4 Å². The molecule has 3 heterocycles. The first-order chi connectivity index (χ1) is 9.65. The quantitative estimate of drug-likeness (QED) is 0.804. The lowest BCUT2D eigenvalue weighted by Crippen LogP contribution is -2.48. The maximum Gasteiger partial charge on any atom is 0.251 e. The van der Waals surface area contributed by atoms with E-state index in [1.165, 1.54) is 7.05 Å². The summed E-state index contributed by atoms with van der Waals surface area (Å²) in [6.45, 7) is 0. The molecule has 1 unspecified atom stereocenters. The monoisotopic (exact) mass is 271 g/mol. The van der Waals surface area contributed by atoms with Crippen LogP contribution in [0.2, 0.25) is 0 Å². The Hall–Kier alpha value is -2.57. The number of hydrogen-bond donors (Lipinski definition) is 1. The van der Waals surface area contributed by atoms with Crippen molar-refractivity contribution in [3.63, 3.8) is 0 Å². The molecule has 2 aromatic heterocycles. The van der Waals surface area contributed by atoms with Crippen molar-refractivity contribution in [3.05, 3.63) is 24.5 Å². The topological polar surface area (TPSA) is 88.1 Å². The number of rotatable bonds is 2. The van der Waals surface area contributed by atoms with Gasteiger partial charge in [0.25, 0.3) is 5.91 Å². The third-order valence-electron chi connectivity index (χ3n) is 3.30. The van der Waals surface area contributed by atoms with E-state index in [0.717, 1.165) is 4.90 Å². The molecule has 1 aliphatic rings. The maximum absolute atomic E-state index is 12.0. The van der Waals surface area contributed by atoms with E-state index in [2.05, 4.69) is 20.3 Å². The summed E-state index contributed by atoms with van der Waals surface area (Å²) < 4.78 is 0. The Bertz CT molecular complexity index is 687. The lowest BCUT2D eigenvalue weighted by atomic mass is 10.0. The summed E-state index contributed by atoms with van der Waals surface area (Å²) in [6.07, 6.45) is 4.00. The van der Waals surface area contributed by atoms with Crippen LogP contribution in [0.15, 0.2) is 24.5 Å². The molecule has 1 aliphatic heterocycles. The van der Waals surface area contributed by atoms with Crippen LogP contribution in [0.1, 0.15) is 12.8 Å². The van der Waals surface area contributed by atoms with E-state index in [9.17, 15) is 9.59 Å². The van der Waals surface area contributed by atoms with Crippen molar-refractivity contribution < 1.29 is 9.59 Å². The number of likely N-dealkylation sites (N-methyl/N-ethyl adjacent to an activating group) is 1. The van der Waals surface area contributed by atoms with Crippen molar-refractivity contribution in [1.29, 1.82) is 0 Å². The first-order valence-corrected chi connectivity index (χ1v) is 6.30. The molecule has 20 heavy (non-hydrogen) atoms. The summed E-state index contributed by atoms with van der Waals surface area (Å²) in [4.78, 5) is 37.1. The smallest absolute Gasteiger partial charge is 0.251 e. The van der Waals surface area contributed by atoms with E-state index in [4.69, 9.17) is 0 Å². The largest absolute Gasteiger partial charge is 0.358 e. The molecule has 0 bridgehead atoms. The van der Waals surface area contributed by atoms with Gasteiger partial charge >= 0.3 is 0 Å². The Balaban J connectivity index is 1.82. The van der Waals surface area contributed by atoms with Crippen LogP contribution in [-0.2, 0) is 9.59 Å². The first-order valence-electron chi connectivity index (χ1n) is 6.30. The summed E-state index contributed by atoms with van der Waals surface area (Å²) in [5.41, 5.74) is 1.21. The highest BCUT2D eigenvalue weighted by atomic mass is 16.2. The molecule has 7 heteroatoms. The van der Waals surface area contributed by atoms with Crippen LogP contribution < -0.4 is 5.32 Å². The molecule has 0 spiro atoms. The zero-order valence-corrected chi connectivity index (χ0v) is 10.9. The number of pyridine rings is 1. The number of nitrogens with zero attached hydrogens (tertiary/aromatic N) is 4. The van der Waals surface area contributed by atoms with E-state index < -0.39 is 6.04 Å². The number of likely N-dealkylation sites (tertiary alicyclic amines) is 1. The third-order valence-corrected chi connectivity index (χ3v) is 3.30. The molecule has 1 atom stereocenters. The molecule has 102 valence electrons. The van der Waals surface area contributed by atoms with Gasteiger partial charge in [0.2, 0.25) is 5.91 Å². The highest BCUT2D eigenvalue weighted by Crippen LogP contribution is 2.17. The SMILES string of the molecule is CN1C(=O)CCC(Nc2ccc3nccnc3n2)C1=O. The minimum Gasteiger partial charge on any atom is -0.358 e. The lowest BCUT2D eigenvalue weighted by Gasteiger charge is -2.28. The second-order valence-electron chi connectivity index (χ2n) is 4.62. The van der Waals surface area contributed by atoms with Crippen LogP contribution in [0.25, 0.3) is 11.2 Å². The number of fused-ring (bicyclic) bond motifs is 1. The van der Waals surface area contributed by atoms with Gasteiger partial charge in [0.05, 0.1) is 0 Å². The van der Waals surface area contributed by atoms with Crippen molar-refractivity contribution in [3.8, 4) is 0 Å². The first kappa shape index (κ1) is 12.5. The highest BCUT2D eigenvalue weighted by molar-refractivity contribution is 6.01. The van der Waals surface area contributed by atoms with Gasteiger partial charge in [0, 0.05) is 25.9 Å². The molecule has 1 fully saturated rings. The van der Waals surface area contributed by atoms with Crippen molar-refractivity contribution >= 4 is 28.8 Å². The van der Waals surface area contributed by atoms with Crippen molar-refractivity contribution in [1.82, 2.24) is 19.9 Å². The Kier molecular flexibility index (Phi) is 3.02. The fourth-order valence-corrected chi connectivity index (χ4v) is 2.16. The molecule has 0 radical (unpaired) electrons. The zero-order chi connectivity index (χ0) is 14.1. The molecule has 0 aliphatic carbocycles. The summed E-state index contributed by atoms with van der Waals surface area (Å²) >= 11 is 0. The van der Waals surface area contributed by atoms with Gasteiger partial charge in [-0.1, -0.05) is 0 Å². The predicted molar refractivity (Wildman–Crippen MR) is 71.8 cm³/mol. The molecule has 0 saturated carbocycles. The number of carbonyl (C=O) groups excluding carboxylic acids is 2. The lowest BCUT2D eigenvalue weighted by molar-refractivity contribution is -0.146. The van der Waals surface area contributed by atoms with Crippen molar-refractivity contribution in [2.45, 2.75) is 18.9 Å². The number of anilines is 1. The molecular formula is C13H13N5O2. The number of nitrogens with one attached hydrogen (secondary N) is 1.